The minimum atomic E-state index is -0.0192. The lowest BCUT2D eigenvalue weighted by molar-refractivity contribution is -0.129. The number of carbonyl (C=O) groups excluding carboxylic acids is 1. The fraction of sp³-hybridized carbons (Fsp3) is 0.278. The van der Waals surface area contributed by atoms with E-state index >= 15 is 0 Å². The van der Waals surface area contributed by atoms with Crippen molar-refractivity contribution in [1.29, 1.82) is 0 Å². The fourth-order valence-corrected chi connectivity index (χ4v) is 3.61. The molecule has 108 valence electrons. The van der Waals surface area contributed by atoms with Crippen LogP contribution in [0.1, 0.15) is 17.0 Å². The predicted molar refractivity (Wildman–Crippen MR) is 88.3 cm³/mol. The van der Waals surface area contributed by atoms with Gasteiger partial charge in [-0.3, -0.25) is 4.79 Å². The third-order valence-electron chi connectivity index (χ3n) is 4.08. The molecule has 0 spiro atoms. The first kappa shape index (κ1) is 14.3. The molecule has 0 N–H and O–H groups in total. The standard InChI is InChI=1S/C18H18BrNO/c19-11-16-13-20(12-14-7-3-1-4-8-14)18(21)17(16)15-9-5-2-6-10-15/h1-10,16-17H,11-13H2/t16-,17+/m1/s1. The average molecular weight is 344 g/mol. The number of hydrogen-bond acceptors (Lipinski definition) is 1. The Labute approximate surface area is 133 Å². The van der Waals surface area contributed by atoms with Gasteiger partial charge in [-0.15, -0.1) is 0 Å². The number of rotatable bonds is 4. The lowest BCUT2D eigenvalue weighted by Crippen LogP contribution is -2.26. The molecule has 1 fully saturated rings. The Balaban J connectivity index is 1.81. The van der Waals surface area contributed by atoms with Crippen LogP contribution in [-0.4, -0.2) is 22.7 Å². The quantitative estimate of drug-likeness (QED) is 0.772. The van der Waals surface area contributed by atoms with Gasteiger partial charge in [0.2, 0.25) is 5.91 Å². The van der Waals surface area contributed by atoms with E-state index in [1.165, 1.54) is 5.56 Å². The highest BCUT2D eigenvalue weighted by Gasteiger charge is 2.40. The summed E-state index contributed by atoms with van der Waals surface area (Å²) in [6.45, 7) is 1.52. The van der Waals surface area contributed by atoms with Crippen LogP contribution in [0.5, 0.6) is 0 Å². The summed E-state index contributed by atoms with van der Waals surface area (Å²) in [5.74, 6) is 0.562. The molecule has 1 saturated heterocycles. The molecule has 2 nitrogen and oxygen atoms in total. The highest BCUT2D eigenvalue weighted by molar-refractivity contribution is 9.09. The molecule has 2 aromatic rings. The molecular formula is C18H18BrNO. The average Bonchev–Trinajstić information content (AvgIpc) is 2.85. The van der Waals surface area contributed by atoms with Gasteiger partial charge in [0.25, 0.3) is 0 Å². The Morgan fingerprint density at radius 2 is 1.62 bits per heavy atom. The molecule has 0 radical (unpaired) electrons. The maximum absolute atomic E-state index is 12.8. The third-order valence-corrected chi connectivity index (χ3v) is 4.91. The largest absolute Gasteiger partial charge is 0.337 e. The van der Waals surface area contributed by atoms with Crippen LogP contribution < -0.4 is 0 Å². The summed E-state index contributed by atoms with van der Waals surface area (Å²) in [4.78, 5) is 14.8. The lowest BCUT2D eigenvalue weighted by Gasteiger charge is -2.16. The summed E-state index contributed by atoms with van der Waals surface area (Å²) in [6, 6.07) is 20.3. The predicted octanol–water partition coefficient (Wildman–Crippen LogP) is 3.82. The summed E-state index contributed by atoms with van der Waals surface area (Å²) in [5, 5.41) is 0.851. The van der Waals surface area contributed by atoms with E-state index in [0.29, 0.717) is 12.5 Å². The molecule has 21 heavy (non-hydrogen) atoms. The number of amides is 1. The third kappa shape index (κ3) is 3.03. The number of nitrogens with zero attached hydrogens (tertiary/aromatic N) is 1. The van der Waals surface area contributed by atoms with Crippen LogP contribution >= 0.6 is 15.9 Å². The molecule has 0 unspecified atom stereocenters. The smallest absolute Gasteiger partial charge is 0.230 e. The Bertz CT molecular complexity index is 599. The van der Waals surface area contributed by atoms with Crippen molar-refractivity contribution in [2.75, 3.05) is 11.9 Å². The van der Waals surface area contributed by atoms with Gasteiger partial charge < -0.3 is 4.90 Å². The summed E-state index contributed by atoms with van der Waals surface area (Å²) in [6.07, 6.45) is 0. The van der Waals surface area contributed by atoms with Gasteiger partial charge in [-0.2, -0.15) is 0 Å². The zero-order valence-corrected chi connectivity index (χ0v) is 13.4. The molecule has 1 aliphatic rings. The topological polar surface area (TPSA) is 20.3 Å². The van der Waals surface area contributed by atoms with Crippen LogP contribution in [0, 0.1) is 5.92 Å². The first-order valence-electron chi connectivity index (χ1n) is 7.23. The molecule has 0 saturated carbocycles. The number of alkyl halides is 1. The highest BCUT2D eigenvalue weighted by Crippen LogP contribution is 2.35. The van der Waals surface area contributed by atoms with Crippen molar-refractivity contribution in [2.45, 2.75) is 12.5 Å². The first-order chi connectivity index (χ1) is 10.3. The Hall–Kier alpha value is -1.61. The van der Waals surface area contributed by atoms with E-state index in [9.17, 15) is 4.79 Å². The molecule has 1 aliphatic heterocycles. The number of halogens is 1. The molecule has 1 amide bonds. The van der Waals surface area contributed by atoms with Crippen LogP contribution in [0.3, 0.4) is 0 Å². The second kappa shape index (κ2) is 6.44. The highest BCUT2D eigenvalue weighted by atomic mass is 79.9. The second-order valence-corrected chi connectivity index (χ2v) is 6.15. The van der Waals surface area contributed by atoms with Crippen LogP contribution in [0.25, 0.3) is 0 Å². The van der Waals surface area contributed by atoms with Crippen molar-refractivity contribution >= 4 is 21.8 Å². The van der Waals surface area contributed by atoms with Crippen molar-refractivity contribution in [1.82, 2.24) is 4.90 Å². The first-order valence-corrected chi connectivity index (χ1v) is 8.35. The van der Waals surface area contributed by atoms with E-state index in [2.05, 4.69) is 40.2 Å². The van der Waals surface area contributed by atoms with E-state index in [1.54, 1.807) is 0 Å². The van der Waals surface area contributed by atoms with Gasteiger partial charge in [0.1, 0.15) is 0 Å². The fourth-order valence-electron chi connectivity index (χ4n) is 3.04. The number of hydrogen-bond donors (Lipinski definition) is 0. The van der Waals surface area contributed by atoms with Crippen molar-refractivity contribution in [3.63, 3.8) is 0 Å². The van der Waals surface area contributed by atoms with E-state index < -0.39 is 0 Å². The van der Waals surface area contributed by atoms with E-state index in [4.69, 9.17) is 0 Å². The maximum Gasteiger partial charge on any atom is 0.230 e. The van der Waals surface area contributed by atoms with Crippen molar-refractivity contribution in [2.24, 2.45) is 5.92 Å². The SMILES string of the molecule is O=C1[C@@H](c2ccccc2)[C@H](CBr)CN1Cc1ccccc1. The van der Waals surface area contributed by atoms with Crippen molar-refractivity contribution < 1.29 is 4.79 Å². The van der Waals surface area contributed by atoms with E-state index in [1.807, 2.05) is 41.3 Å². The van der Waals surface area contributed by atoms with E-state index in [0.717, 1.165) is 17.4 Å². The summed E-state index contributed by atoms with van der Waals surface area (Å²) < 4.78 is 0. The van der Waals surface area contributed by atoms with Crippen LogP contribution in [-0.2, 0) is 11.3 Å². The molecule has 3 heteroatoms. The van der Waals surface area contributed by atoms with Crippen molar-refractivity contribution in [3.8, 4) is 0 Å². The van der Waals surface area contributed by atoms with Crippen molar-refractivity contribution in [3.05, 3.63) is 71.8 Å². The zero-order chi connectivity index (χ0) is 14.7. The molecular weight excluding hydrogens is 326 g/mol. The Morgan fingerprint density at radius 1 is 1.00 bits per heavy atom. The summed E-state index contributed by atoms with van der Waals surface area (Å²) >= 11 is 3.58. The molecule has 1 heterocycles. The Morgan fingerprint density at radius 3 is 2.24 bits per heavy atom. The molecule has 0 aliphatic carbocycles. The molecule has 2 aromatic carbocycles. The number of likely N-dealkylation sites (tertiary alicyclic amines) is 1. The molecule has 2 atom stereocenters. The molecule has 3 rings (SSSR count). The number of carbonyl (C=O) groups is 1. The van der Waals surface area contributed by atoms with E-state index in [-0.39, 0.29) is 11.8 Å². The maximum atomic E-state index is 12.8. The number of benzene rings is 2. The molecule has 0 aromatic heterocycles. The van der Waals surface area contributed by atoms with Gasteiger partial charge in [0.05, 0.1) is 5.92 Å². The zero-order valence-electron chi connectivity index (χ0n) is 11.8. The monoisotopic (exact) mass is 343 g/mol. The Kier molecular flexibility index (Phi) is 4.39. The van der Waals surface area contributed by atoms with Gasteiger partial charge in [-0.05, 0) is 11.1 Å². The van der Waals surface area contributed by atoms with Gasteiger partial charge in [0.15, 0.2) is 0 Å². The molecule has 0 bridgehead atoms. The minimum Gasteiger partial charge on any atom is -0.337 e. The van der Waals surface area contributed by atoms with Crippen LogP contribution in [0.15, 0.2) is 60.7 Å². The second-order valence-electron chi connectivity index (χ2n) is 5.51. The summed E-state index contributed by atoms with van der Waals surface area (Å²) in [7, 11) is 0. The van der Waals surface area contributed by atoms with Gasteiger partial charge in [-0.25, -0.2) is 0 Å². The normalized spacial score (nSPS) is 21.8. The van der Waals surface area contributed by atoms with Crippen LogP contribution in [0.2, 0.25) is 0 Å². The van der Waals surface area contributed by atoms with Gasteiger partial charge >= 0.3 is 0 Å². The minimum absolute atomic E-state index is 0.0192. The van der Waals surface area contributed by atoms with Gasteiger partial charge in [-0.1, -0.05) is 76.6 Å². The van der Waals surface area contributed by atoms with Crippen LogP contribution in [0.4, 0.5) is 0 Å². The van der Waals surface area contributed by atoms with Gasteiger partial charge in [0, 0.05) is 24.3 Å². The summed E-state index contributed by atoms with van der Waals surface area (Å²) in [5.41, 5.74) is 2.32. The lowest BCUT2D eigenvalue weighted by atomic mass is 9.90.